The van der Waals surface area contributed by atoms with Gasteiger partial charge in [-0.15, -0.1) is 0 Å². The van der Waals surface area contributed by atoms with Crippen molar-refractivity contribution in [2.24, 2.45) is 0 Å². The molecule has 1 amide bonds. The molecular formula is C8H18N2O2. The number of carbonyl (C=O) groups is 1. The normalized spacial score (nSPS) is 9.58. The number of nitrogens with one attached hydrogen (secondary N) is 1. The lowest BCUT2D eigenvalue weighted by molar-refractivity contribution is 0.109. The molecule has 0 aliphatic heterocycles. The summed E-state index contributed by atoms with van der Waals surface area (Å²) in [5.74, 6) is 0. The molecule has 4 nitrogen and oxygen atoms in total. The van der Waals surface area contributed by atoms with E-state index in [0.29, 0.717) is 19.7 Å². The second-order valence-corrected chi connectivity index (χ2v) is 2.38. The van der Waals surface area contributed by atoms with Gasteiger partial charge in [-0.1, -0.05) is 0 Å². The lowest BCUT2D eigenvalue weighted by atomic mass is 10.5. The fraction of sp³-hybridized carbons (Fsp3) is 0.875. The van der Waals surface area contributed by atoms with Crippen molar-refractivity contribution in [1.29, 1.82) is 0 Å². The van der Waals surface area contributed by atoms with E-state index in [1.807, 2.05) is 20.9 Å². The van der Waals surface area contributed by atoms with Gasteiger partial charge in [-0.2, -0.15) is 0 Å². The highest BCUT2D eigenvalue weighted by atomic mass is 16.6. The van der Waals surface area contributed by atoms with Gasteiger partial charge in [0.05, 0.1) is 6.61 Å². The fourth-order valence-electron chi connectivity index (χ4n) is 0.840. The second kappa shape index (κ2) is 6.91. The Kier molecular flexibility index (Phi) is 6.47. The van der Waals surface area contributed by atoms with E-state index < -0.39 is 0 Å². The first-order valence-corrected chi connectivity index (χ1v) is 4.32. The number of hydrogen-bond donors (Lipinski definition) is 1. The van der Waals surface area contributed by atoms with E-state index in [1.54, 1.807) is 4.90 Å². The summed E-state index contributed by atoms with van der Waals surface area (Å²) < 4.78 is 4.85. The van der Waals surface area contributed by atoms with E-state index in [-0.39, 0.29) is 6.09 Å². The molecule has 1 N–H and O–H groups in total. The van der Waals surface area contributed by atoms with Gasteiger partial charge in [-0.25, -0.2) is 4.79 Å². The number of hydrogen-bond acceptors (Lipinski definition) is 3. The van der Waals surface area contributed by atoms with Gasteiger partial charge < -0.3 is 15.0 Å². The van der Waals surface area contributed by atoms with Crippen molar-refractivity contribution in [1.82, 2.24) is 10.2 Å². The van der Waals surface area contributed by atoms with Gasteiger partial charge in [0.15, 0.2) is 0 Å². The summed E-state index contributed by atoms with van der Waals surface area (Å²) in [6, 6.07) is 0. The second-order valence-electron chi connectivity index (χ2n) is 2.38. The SMILES string of the molecule is CCOC(=O)N(CC)CCNC. The van der Waals surface area contributed by atoms with Crippen molar-refractivity contribution in [3.05, 3.63) is 0 Å². The summed E-state index contributed by atoms with van der Waals surface area (Å²) in [5.41, 5.74) is 0. The maximum atomic E-state index is 11.2. The Morgan fingerprint density at radius 1 is 1.50 bits per heavy atom. The topological polar surface area (TPSA) is 41.6 Å². The van der Waals surface area contributed by atoms with Crippen molar-refractivity contribution in [2.45, 2.75) is 13.8 Å². The monoisotopic (exact) mass is 174 g/mol. The van der Waals surface area contributed by atoms with Gasteiger partial charge in [0.2, 0.25) is 0 Å². The van der Waals surface area contributed by atoms with Crippen LogP contribution in [0.2, 0.25) is 0 Å². The molecule has 0 fully saturated rings. The number of nitrogens with zero attached hydrogens (tertiary/aromatic N) is 1. The van der Waals surface area contributed by atoms with Crippen LogP contribution in [0.1, 0.15) is 13.8 Å². The number of likely N-dealkylation sites (N-methyl/N-ethyl adjacent to an activating group) is 2. The van der Waals surface area contributed by atoms with Gasteiger partial charge in [-0.3, -0.25) is 0 Å². The predicted octanol–water partition coefficient (Wildman–Crippen LogP) is 0.684. The average Bonchev–Trinajstić information content (AvgIpc) is 2.06. The first-order chi connectivity index (χ1) is 5.76. The summed E-state index contributed by atoms with van der Waals surface area (Å²) >= 11 is 0. The van der Waals surface area contributed by atoms with Crippen molar-refractivity contribution in [3.8, 4) is 0 Å². The van der Waals surface area contributed by atoms with Crippen LogP contribution in [0.15, 0.2) is 0 Å². The molecule has 0 unspecified atom stereocenters. The standard InChI is InChI=1S/C8H18N2O2/c1-4-10(7-6-9-3)8(11)12-5-2/h9H,4-7H2,1-3H3. The van der Waals surface area contributed by atoms with Crippen molar-refractivity contribution in [3.63, 3.8) is 0 Å². The van der Waals surface area contributed by atoms with Crippen LogP contribution in [0, 0.1) is 0 Å². The highest BCUT2D eigenvalue weighted by Crippen LogP contribution is 1.92. The Balaban J connectivity index is 3.71. The van der Waals surface area contributed by atoms with E-state index in [2.05, 4.69) is 5.32 Å². The van der Waals surface area contributed by atoms with Crippen LogP contribution in [-0.4, -0.2) is 44.3 Å². The first kappa shape index (κ1) is 11.2. The van der Waals surface area contributed by atoms with Crippen LogP contribution in [0.5, 0.6) is 0 Å². The molecule has 0 aliphatic rings. The van der Waals surface area contributed by atoms with Crippen molar-refractivity contribution < 1.29 is 9.53 Å². The Morgan fingerprint density at radius 2 is 2.17 bits per heavy atom. The third-order valence-electron chi connectivity index (χ3n) is 1.54. The molecule has 0 rings (SSSR count). The number of amides is 1. The van der Waals surface area contributed by atoms with Crippen LogP contribution in [0.4, 0.5) is 4.79 Å². The van der Waals surface area contributed by atoms with Crippen LogP contribution >= 0.6 is 0 Å². The molecule has 0 radical (unpaired) electrons. The van der Waals surface area contributed by atoms with Crippen LogP contribution < -0.4 is 5.32 Å². The first-order valence-electron chi connectivity index (χ1n) is 4.32. The summed E-state index contributed by atoms with van der Waals surface area (Å²) in [4.78, 5) is 12.8. The highest BCUT2D eigenvalue weighted by Gasteiger charge is 2.10. The van der Waals surface area contributed by atoms with Gasteiger partial charge in [0, 0.05) is 19.6 Å². The summed E-state index contributed by atoms with van der Waals surface area (Å²) in [6.07, 6.45) is -0.227. The van der Waals surface area contributed by atoms with Crippen LogP contribution in [0.25, 0.3) is 0 Å². The van der Waals surface area contributed by atoms with Gasteiger partial charge >= 0.3 is 6.09 Å². The molecule has 0 bridgehead atoms. The molecule has 0 aromatic carbocycles. The highest BCUT2D eigenvalue weighted by molar-refractivity contribution is 5.67. The Bertz CT molecular complexity index is 128. The summed E-state index contributed by atoms with van der Waals surface area (Å²) in [7, 11) is 1.86. The van der Waals surface area contributed by atoms with E-state index >= 15 is 0 Å². The van der Waals surface area contributed by atoms with E-state index in [4.69, 9.17) is 4.74 Å². The minimum absolute atomic E-state index is 0.227. The van der Waals surface area contributed by atoms with Gasteiger partial charge in [0.25, 0.3) is 0 Å². The minimum atomic E-state index is -0.227. The molecule has 0 atom stereocenters. The molecule has 4 heteroatoms. The quantitative estimate of drug-likeness (QED) is 0.666. The van der Waals surface area contributed by atoms with Gasteiger partial charge in [-0.05, 0) is 20.9 Å². The van der Waals surface area contributed by atoms with Gasteiger partial charge in [0.1, 0.15) is 0 Å². The molecule has 72 valence electrons. The zero-order chi connectivity index (χ0) is 9.40. The molecule has 0 saturated carbocycles. The Morgan fingerprint density at radius 3 is 2.58 bits per heavy atom. The molecule has 0 aliphatic carbocycles. The lowest BCUT2D eigenvalue weighted by Crippen LogP contribution is -2.36. The minimum Gasteiger partial charge on any atom is -0.450 e. The maximum Gasteiger partial charge on any atom is 0.409 e. The predicted molar refractivity (Wildman–Crippen MR) is 48.2 cm³/mol. The number of ether oxygens (including phenoxy) is 1. The van der Waals surface area contributed by atoms with Crippen LogP contribution in [-0.2, 0) is 4.74 Å². The molecule has 0 spiro atoms. The maximum absolute atomic E-state index is 11.2. The Labute approximate surface area is 73.9 Å². The summed E-state index contributed by atoms with van der Waals surface area (Å²) in [6.45, 7) is 6.38. The number of carbonyl (C=O) groups excluding carboxylic acids is 1. The third kappa shape index (κ3) is 4.18. The molecule has 0 heterocycles. The lowest BCUT2D eigenvalue weighted by Gasteiger charge is -2.19. The van der Waals surface area contributed by atoms with Crippen LogP contribution in [0.3, 0.4) is 0 Å². The molecule has 0 aromatic heterocycles. The van der Waals surface area contributed by atoms with Crippen molar-refractivity contribution >= 4 is 6.09 Å². The van der Waals surface area contributed by atoms with Crippen molar-refractivity contribution in [2.75, 3.05) is 33.3 Å². The van der Waals surface area contributed by atoms with E-state index in [0.717, 1.165) is 6.54 Å². The molecule has 0 saturated heterocycles. The smallest absolute Gasteiger partial charge is 0.409 e. The average molecular weight is 174 g/mol. The molecule has 12 heavy (non-hydrogen) atoms. The molecular weight excluding hydrogens is 156 g/mol. The summed E-state index contributed by atoms with van der Waals surface area (Å²) in [5, 5.41) is 2.98. The number of rotatable bonds is 5. The van der Waals surface area contributed by atoms with E-state index in [1.165, 1.54) is 0 Å². The fourth-order valence-corrected chi connectivity index (χ4v) is 0.840. The largest absolute Gasteiger partial charge is 0.450 e. The Hall–Kier alpha value is -0.770. The third-order valence-corrected chi connectivity index (χ3v) is 1.54. The molecule has 0 aromatic rings. The zero-order valence-electron chi connectivity index (χ0n) is 8.09. The zero-order valence-corrected chi connectivity index (χ0v) is 8.09. The van der Waals surface area contributed by atoms with E-state index in [9.17, 15) is 4.79 Å².